The van der Waals surface area contributed by atoms with Gasteiger partial charge in [0.1, 0.15) is 34.0 Å². The van der Waals surface area contributed by atoms with Crippen LogP contribution in [-0.4, -0.2) is 23.2 Å². The van der Waals surface area contributed by atoms with E-state index in [2.05, 4.69) is 4.18 Å². The minimum Gasteiger partial charge on any atom is -0.716 e. The van der Waals surface area contributed by atoms with E-state index in [0.29, 0.717) is 5.56 Å². The van der Waals surface area contributed by atoms with Crippen molar-refractivity contribution in [1.29, 1.82) is 0 Å². The predicted molar refractivity (Wildman–Crippen MR) is 81.6 cm³/mol. The van der Waals surface area contributed by atoms with Crippen molar-refractivity contribution in [2.75, 3.05) is 0 Å². The van der Waals surface area contributed by atoms with Crippen molar-refractivity contribution < 1.29 is 83.2 Å². The van der Waals surface area contributed by atoms with Crippen molar-refractivity contribution in [3.63, 3.8) is 0 Å². The number of aromatic hydroxyl groups is 2. The molecule has 0 aliphatic rings. The first kappa shape index (κ1) is 19.9. The Bertz CT molecular complexity index is 1090. The Morgan fingerprint density at radius 3 is 2.28 bits per heavy atom. The van der Waals surface area contributed by atoms with Crippen LogP contribution in [0.1, 0.15) is 0 Å². The van der Waals surface area contributed by atoms with Crippen LogP contribution in [0.2, 0.25) is 0 Å². The molecule has 0 aliphatic carbocycles. The Kier molecular flexibility index (Phi) is 5.94. The zero-order chi connectivity index (χ0) is 17.5. The molecule has 0 atom stereocenters. The summed E-state index contributed by atoms with van der Waals surface area (Å²) in [6.07, 6.45) is 0. The molecule has 0 unspecified atom stereocenters. The fourth-order valence-corrected chi connectivity index (χ4v) is 2.54. The van der Waals surface area contributed by atoms with E-state index in [1.54, 1.807) is 0 Å². The van der Waals surface area contributed by atoms with Crippen molar-refractivity contribution in [2.45, 2.75) is 0 Å². The van der Waals surface area contributed by atoms with Crippen LogP contribution in [0.4, 0.5) is 0 Å². The second kappa shape index (κ2) is 7.46. The normalized spacial score (nSPS) is 11.1. The molecule has 10 heteroatoms. The van der Waals surface area contributed by atoms with Crippen LogP contribution in [0.3, 0.4) is 0 Å². The number of hydrogen-bond donors (Lipinski definition) is 2. The van der Waals surface area contributed by atoms with Gasteiger partial charge in [-0.05, 0) is 24.3 Å². The molecule has 124 valence electrons. The van der Waals surface area contributed by atoms with Crippen LogP contribution in [-0.2, 0) is 10.4 Å². The second-order valence-corrected chi connectivity index (χ2v) is 5.81. The quantitative estimate of drug-likeness (QED) is 0.321. The van der Waals surface area contributed by atoms with Gasteiger partial charge in [-0.25, -0.2) is 8.42 Å². The molecule has 0 saturated heterocycles. The summed E-state index contributed by atoms with van der Waals surface area (Å²) in [6, 6.07) is 8.54. The van der Waals surface area contributed by atoms with Gasteiger partial charge in [-0.3, -0.25) is 4.79 Å². The third kappa shape index (κ3) is 4.61. The molecule has 2 aromatic carbocycles. The molecule has 25 heavy (non-hydrogen) atoms. The van der Waals surface area contributed by atoms with E-state index in [1.165, 1.54) is 30.3 Å². The predicted octanol–water partition coefficient (Wildman–Crippen LogP) is -1.29. The smallest absolute Gasteiger partial charge is 0.716 e. The van der Waals surface area contributed by atoms with Crippen LogP contribution in [0, 0.1) is 0 Å². The Labute approximate surface area is 184 Å². The molecule has 0 amide bonds. The average molecular weight is 388 g/mol. The molecule has 0 fully saturated rings. The Morgan fingerprint density at radius 1 is 1.04 bits per heavy atom. The van der Waals surface area contributed by atoms with E-state index in [0.717, 1.165) is 12.1 Å². The van der Waals surface area contributed by atoms with Crippen LogP contribution < -0.4 is 61.0 Å². The first-order chi connectivity index (χ1) is 11.2. The number of phenolic OH excluding ortho intramolecular Hbond substituents is 2. The number of hydrogen-bond acceptors (Lipinski definition) is 8. The zero-order valence-electron chi connectivity index (χ0n) is 12.8. The van der Waals surface area contributed by atoms with Gasteiger partial charge >= 0.3 is 51.4 Å². The van der Waals surface area contributed by atoms with Gasteiger partial charge in [0.25, 0.3) is 10.4 Å². The van der Waals surface area contributed by atoms with Gasteiger partial charge in [-0.2, -0.15) is 0 Å². The summed E-state index contributed by atoms with van der Waals surface area (Å²) < 4.78 is 41.2. The van der Waals surface area contributed by atoms with Gasteiger partial charge in [0.15, 0.2) is 5.43 Å². The van der Waals surface area contributed by atoms with Crippen LogP contribution in [0.15, 0.2) is 51.7 Å². The molecule has 3 aromatic rings. The van der Waals surface area contributed by atoms with E-state index in [-0.39, 0.29) is 79.6 Å². The molecule has 1 aromatic heterocycles. The molecule has 0 saturated carbocycles. The van der Waals surface area contributed by atoms with Gasteiger partial charge in [0.05, 0.1) is 0 Å². The molecule has 0 aliphatic heterocycles. The molecule has 3 rings (SSSR count). The topological polar surface area (TPSA) is 137 Å². The van der Waals surface area contributed by atoms with E-state index >= 15 is 0 Å². The maximum atomic E-state index is 12.1. The van der Waals surface area contributed by atoms with E-state index < -0.39 is 21.6 Å². The van der Waals surface area contributed by atoms with Gasteiger partial charge in [0, 0.05) is 23.8 Å². The fraction of sp³-hybridized carbons (Fsp3) is 0. The second-order valence-electron chi connectivity index (χ2n) is 4.83. The SMILES string of the molecule is O=c1cc(-c2ccc(OS(=O)(=O)[O-])cc2)oc2cc(O)cc(O)c12.[K+]. The van der Waals surface area contributed by atoms with Crippen molar-refractivity contribution in [2.24, 2.45) is 0 Å². The van der Waals surface area contributed by atoms with Crippen molar-refractivity contribution >= 4 is 21.4 Å². The largest absolute Gasteiger partial charge is 1.00 e. The summed E-state index contributed by atoms with van der Waals surface area (Å²) in [6.45, 7) is 0. The number of fused-ring (bicyclic) bond motifs is 1. The third-order valence-corrected chi connectivity index (χ3v) is 3.53. The Balaban J connectivity index is 0.00000225. The monoisotopic (exact) mass is 388 g/mol. The average Bonchev–Trinajstić information content (AvgIpc) is 2.45. The van der Waals surface area contributed by atoms with Crippen molar-refractivity contribution in [3.05, 3.63) is 52.7 Å². The minimum absolute atomic E-state index is 0. The molecule has 0 bridgehead atoms. The van der Waals surface area contributed by atoms with E-state index in [4.69, 9.17) is 4.42 Å². The molecular weight excluding hydrogens is 379 g/mol. The standard InChI is InChI=1S/C15H10O8S.K/c16-9-5-11(17)15-12(18)7-13(22-14(15)6-9)8-1-3-10(4-2-8)23-24(19,20)21;/h1-7,16-17H,(H,19,20,21);/q;+1/p-1. The molecule has 1 heterocycles. The van der Waals surface area contributed by atoms with Crippen LogP contribution in [0.25, 0.3) is 22.3 Å². The van der Waals surface area contributed by atoms with Crippen LogP contribution >= 0.6 is 0 Å². The van der Waals surface area contributed by atoms with Gasteiger partial charge in [-0.1, -0.05) is 0 Å². The summed E-state index contributed by atoms with van der Waals surface area (Å²) in [4.78, 5) is 12.1. The van der Waals surface area contributed by atoms with Gasteiger partial charge in [0.2, 0.25) is 0 Å². The molecule has 2 N–H and O–H groups in total. The number of phenols is 2. The van der Waals surface area contributed by atoms with Crippen molar-refractivity contribution in [1.82, 2.24) is 0 Å². The summed E-state index contributed by atoms with van der Waals surface area (Å²) >= 11 is 0. The summed E-state index contributed by atoms with van der Waals surface area (Å²) in [7, 11) is -4.88. The summed E-state index contributed by atoms with van der Waals surface area (Å²) in [5.74, 6) is -0.749. The number of benzene rings is 2. The zero-order valence-corrected chi connectivity index (χ0v) is 16.7. The van der Waals surface area contributed by atoms with Gasteiger partial charge < -0.3 is 23.4 Å². The van der Waals surface area contributed by atoms with E-state index in [9.17, 15) is 28.0 Å². The summed E-state index contributed by atoms with van der Waals surface area (Å²) in [5.41, 5.74) is -0.142. The molecule has 0 spiro atoms. The first-order valence-electron chi connectivity index (χ1n) is 6.48. The maximum Gasteiger partial charge on any atom is 1.00 e. The molecule has 0 radical (unpaired) electrons. The van der Waals surface area contributed by atoms with Crippen LogP contribution in [0.5, 0.6) is 17.2 Å². The fourth-order valence-electron chi connectivity index (χ4n) is 2.19. The Morgan fingerprint density at radius 2 is 1.68 bits per heavy atom. The molecular formula is C15H9KO8S. The number of rotatable bonds is 3. The Hall–Kier alpha value is -1.40. The van der Waals surface area contributed by atoms with Gasteiger partial charge in [-0.15, -0.1) is 0 Å². The molecule has 8 nitrogen and oxygen atoms in total. The maximum absolute atomic E-state index is 12.1. The third-order valence-electron chi connectivity index (χ3n) is 3.13. The van der Waals surface area contributed by atoms with E-state index in [1.807, 2.05) is 0 Å². The summed E-state index contributed by atoms with van der Waals surface area (Å²) in [5, 5.41) is 19.1. The first-order valence-corrected chi connectivity index (χ1v) is 7.82. The van der Waals surface area contributed by atoms with Crippen molar-refractivity contribution in [3.8, 4) is 28.6 Å². The minimum atomic E-state index is -4.88.